The molecule has 1 heterocycles. The van der Waals surface area contributed by atoms with Crippen molar-refractivity contribution in [3.63, 3.8) is 0 Å². The van der Waals surface area contributed by atoms with Crippen molar-refractivity contribution in [3.05, 3.63) is 17.5 Å². The van der Waals surface area contributed by atoms with Crippen LogP contribution in [0.1, 0.15) is 25.1 Å². The van der Waals surface area contributed by atoms with Gasteiger partial charge in [-0.1, -0.05) is 13.8 Å². The third kappa shape index (κ3) is 1.87. The summed E-state index contributed by atoms with van der Waals surface area (Å²) >= 11 is 0. The summed E-state index contributed by atoms with van der Waals surface area (Å²) in [5.74, 6) is -1.22. The largest absolute Gasteiger partial charge is 0.479 e. The Morgan fingerprint density at radius 3 is 2.47 bits per heavy atom. The second-order valence-electron chi connectivity index (χ2n) is 4.26. The minimum Gasteiger partial charge on any atom is -0.479 e. The molecule has 0 aliphatic rings. The number of carbonyl (C=O) groups is 1. The first-order valence-electron chi connectivity index (χ1n) is 4.68. The molecule has 0 radical (unpaired) electrons. The van der Waals surface area contributed by atoms with Gasteiger partial charge in [-0.25, -0.2) is 4.79 Å². The molecule has 84 valence electrons. The number of carboxylic acids is 1. The molecule has 2 N–H and O–H groups in total. The lowest BCUT2D eigenvalue weighted by atomic mass is 9.81. The molecule has 0 spiro atoms. The van der Waals surface area contributed by atoms with Crippen LogP contribution in [-0.2, 0) is 17.3 Å². The monoisotopic (exact) mass is 212 g/mol. The van der Waals surface area contributed by atoms with Crippen LogP contribution >= 0.6 is 0 Å². The Bertz CT molecular complexity index is 363. The number of carboxylic acid groups (broad SMARTS) is 1. The van der Waals surface area contributed by atoms with Gasteiger partial charge in [0, 0.05) is 18.2 Å². The zero-order valence-electron chi connectivity index (χ0n) is 9.35. The van der Waals surface area contributed by atoms with Crippen LogP contribution in [-0.4, -0.2) is 32.1 Å². The summed E-state index contributed by atoms with van der Waals surface area (Å²) < 4.78 is 1.60. The highest BCUT2D eigenvalue weighted by Crippen LogP contribution is 2.29. The third-order valence-electron chi connectivity index (χ3n) is 2.65. The van der Waals surface area contributed by atoms with E-state index in [0.29, 0.717) is 0 Å². The lowest BCUT2D eigenvalue weighted by molar-refractivity contribution is -0.150. The average molecular weight is 212 g/mol. The van der Waals surface area contributed by atoms with Gasteiger partial charge in [0.25, 0.3) is 0 Å². The first kappa shape index (κ1) is 11.7. The highest BCUT2D eigenvalue weighted by atomic mass is 16.4. The topological polar surface area (TPSA) is 75.3 Å². The van der Waals surface area contributed by atoms with Gasteiger partial charge in [-0.3, -0.25) is 4.68 Å². The van der Waals surface area contributed by atoms with Crippen molar-refractivity contribution in [2.24, 2.45) is 7.05 Å². The van der Waals surface area contributed by atoms with E-state index in [9.17, 15) is 9.90 Å². The summed E-state index contributed by atoms with van der Waals surface area (Å²) in [7, 11) is 1.73. The quantitative estimate of drug-likeness (QED) is 0.762. The molecule has 1 unspecified atom stereocenters. The van der Waals surface area contributed by atoms with Crippen LogP contribution in [0, 0.1) is 6.92 Å². The Morgan fingerprint density at radius 1 is 1.60 bits per heavy atom. The molecule has 0 aliphatic heterocycles. The van der Waals surface area contributed by atoms with Gasteiger partial charge in [0.2, 0.25) is 0 Å². The van der Waals surface area contributed by atoms with Gasteiger partial charge in [-0.15, -0.1) is 0 Å². The SMILES string of the molecule is Cc1cnn(C)c1C(C)(C)C(O)C(=O)O. The molecule has 1 aromatic rings. The second-order valence-corrected chi connectivity index (χ2v) is 4.26. The van der Waals surface area contributed by atoms with Gasteiger partial charge < -0.3 is 10.2 Å². The van der Waals surface area contributed by atoms with E-state index in [1.807, 2.05) is 6.92 Å². The maximum atomic E-state index is 10.8. The maximum Gasteiger partial charge on any atom is 0.333 e. The molecule has 5 heteroatoms. The number of hydrogen-bond acceptors (Lipinski definition) is 3. The number of aliphatic carboxylic acids is 1. The predicted molar refractivity (Wildman–Crippen MR) is 54.6 cm³/mol. The Hall–Kier alpha value is -1.36. The molecule has 15 heavy (non-hydrogen) atoms. The molecule has 0 aromatic carbocycles. The Labute approximate surface area is 88.3 Å². The number of aliphatic hydroxyl groups excluding tert-OH is 1. The normalized spacial score (nSPS) is 13.9. The molecule has 1 aromatic heterocycles. The zero-order chi connectivity index (χ0) is 11.8. The van der Waals surface area contributed by atoms with Gasteiger partial charge in [0.15, 0.2) is 6.10 Å². The highest BCUT2D eigenvalue weighted by molar-refractivity contribution is 5.74. The van der Waals surface area contributed by atoms with E-state index in [-0.39, 0.29) is 0 Å². The van der Waals surface area contributed by atoms with Crippen LogP contribution in [0.5, 0.6) is 0 Å². The average Bonchev–Trinajstić information content (AvgIpc) is 2.44. The fourth-order valence-electron chi connectivity index (χ4n) is 1.91. The van der Waals surface area contributed by atoms with Gasteiger partial charge >= 0.3 is 5.97 Å². The highest BCUT2D eigenvalue weighted by Gasteiger charge is 2.38. The number of aliphatic hydroxyl groups is 1. The van der Waals surface area contributed by atoms with E-state index >= 15 is 0 Å². The summed E-state index contributed by atoms with van der Waals surface area (Å²) in [6.07, 6.45) is 0.220. The number of rotatable bonds is 3. The van der Waals surface area contributed by atoms with E-state index in [0.717, 1.165) is 11.3 Å². The molecule has 1 atom stereocenters. The van der Waals surface area contributed by atoms with Crippen LogP contribution < -0.4 is 0 Å². The summed E-state index contributed by atoms with van der Waals surface area (Å²) in [6.45, 7) is 5.23. The van der Waals surface area contributed by atoms with Crippen molar-refractivity contribution in [1.82, 2.24) is 9.78 Å². The second kappa shape index (κ2) is 3.66. The molecule has 0 aliphatic carbocycles. The fraction of sp³-hybridized carbons (Fsp3) is 0.600. The minimum absolute atomic E-state index is 0.734. The minimum atomic E-state index is -1.44. The van der Waals surface area contributed by atoms with E-state index in [1.54, 1.807) is 31.8 Å². The molecule has 0 saturated heterocycles. The lowest BCUT2D eigenvalue weighted by Crippen LogP contribution is -2.41. The summed E-state index contributed by atoms with van der Waals surface area (Å²) in [6, 6.07) is 0. The Morgan fingerprint density at radius 2 is 2.13 bits per heavy atom. The van der Waals surface area contributed by atoms with Crippen molar-refractivity contribution in [2.75, 3.05) is 0 Å². The predicted octanol–water partition coefficient (Wildman–Crippen LogP) is 0.452. The molecular weight excluding hydrogens is 196 g/mol. The molecular formula is C10H16N2O3. The van der Waals surface area contributed by atoms with Crippen molar-refractivity contribution >= 4 is 5.97 Å². The molecule has 1 rings (SSSR count). The van der Waals surface area contributed by atoms with Gasteiger partial charge in [0.1, 0.15) is 0 Å². The maximum absolute atomic E-state index is 10.8. The molecule has 5 nitrogen and oxygen atoms in total. The lowest BCUT2D eigenvalue weighted by Gasteiger charge is -2.28. The van der Waals surface area contributed by atoms with Crippen molar-refractivity contribution in [2.45, 2.75) is 32.3 Å². The van der Waals surface area contributed by atoms with Crippen molar-refractivity contribution in [3.8, 4) is 0 Å². The number of nitrogens with zero attached hydrogens (tertiary/aromatic N) is 2. The van der Waals surface area contributed by atoms with E-state index in [1.165, 1.54) is 0 Å². The van der Waals surface area contributed by atoms with Crippen LogP contribution in [0.4, 0.5) is 0 Å². The molecule has 0 amide bonds. The fourth-order valence-corrected chi connectivity index (χ4v) is 1.91. The summed E-state index contributed by atoms with van der Waals surface area (Å²) in [5, 5.41) is 22.5. The number of aryl methyl sites for hydroxylation is 2. The van der Waals surface area contributed by atoms with E-state index in [4.69, 9.17) is 5.11 Å². The standard InChI is InChI=1S/C10H16N2O3/c1-6-5-11-12(4)7(6)10(2,3)8(13)9(14)15/h5,8,13H,1-4H3,(H,14,15). The van der Waals surface area contributed by atoms with Crippen molar-refractivity contribution < 1.29 is 15.0 Å². The van der Waals surface area contributed by atoms with Gasteiger partial charge in [-0.2, -0.15) is 5.10 Å². The summed E-state index contributed by atoms with van der Waals surface area (Å²) in [4.78, 5) is 10.8. The van der Waals surface area contributed by atoms with Crippen molar-refractivity contribution in [1.29, 1.82) is 0 Å². The Balaban J connectivity index is 3.21. The van der Waals surface area contributed by atoms with E-state index in [2.05, 4.69) is 5.10 Å². The van der Waals surface area contributed by atoms with Crippen LogP contribution in [0.3, 0.4) is 0 Å². The van der Waals surface area contributed by atoms with Gasteiger partial charge in [0.05, 0.1) is 6.20 Å². The van der Waals surface area contributed by atoms with Crippen LogP contribution in [0.15, 0.2) is 6.20 Å². The summed E-state index contributed by atoms with van der Waals surface area (Å²) in [5.41, 5.74) is 0.751. The Kier molecular flexibility index (Phi) is 2.86. The van der Waals surface area contributed by atoms with Crippen LogP contribution in [0.25, 0.3) is 0 Å². The molecule has 0 saturated carbocycles. The molecule has 0 bridgehead atoms. The first-order valence-corrected chi connectivity index (χ1v) is 4.68. The zero-order valence-corrected chi connectivity index (χ0v) is 9.35. The number of aromatic nitrogens is 2. The molecule has 0 fully saturated rings. The smallest absolute Gasteiger partial charge is 0.333 e. The third-order valence-corrected chi connectivity index (χ3v) is 2.65. The first-order chi connectivity index (χ1) is 6.78. The van der Waals surface area contributed by atoms with Gasteiger partial charge in [-0.05, 0) is 12.5 Å². The van der Waals surface area contributed by atoms with Crippen LogP contribution in [0.2, 0.25) is 0 Å². The number of hydrogen-bond donors (Lipinski definition) is 2. The van der Waals surface area contributed by atoms with E-state index < -0.39 is 17.5 Å².